The Bertz CT molecular complexity index is 727. The minimum atomic E-state index is -0.909. The van der Waals surface area contributed by atoms with Gasteiger partial charge in [-0.2, -0.15) is 0 Å². The van der Waals surface area contributed by atoms with Gasteiger partial charge in [-0.05, 0) is 37.6 Å². The number of rotatable bonds is 9. The molecule has 1 aliphatic heterocycles. The van der Waals surface area contributed by atoms with Gasteiger partial charge in [0, 0.05) is 25.1 Å². The molecule has 1 aromatic rings. The van der Waals surface area contributed by atoms with E-state index in [1.54, 1.807) is 4.90 Å². The van der Waals surface area contributed by atoms with Crippen LogP contribution in [0.1, 0.15) is 31.7 Å². The van der Waals surface area contributed by atoms with Crippen LogP contribution in [-0.4, -0.2) is 43.9 Å². The molecule has 2 rings (SSSR count). The van der Waals surface area contributed by atoms with E-state index in [9.17, 15) is 13.6 Å². The molecule has 1 aromatic carbocycles. The predicted molar refractivity (Wildman–Crippen MR) is 101 cm³/mol. The maximum atomic E-state index is 14.6. The first-order valence-electron chi connectivity index (χ1n) is 8.72. The van der Waals surface area contributed by atoms with Crippen LogP contribution in [-0.2, 0) is 9.53 Å². The second-order valence-electron chi connectivity index (χ2n) is 6.29. The Morgan fingerprint density at radius 3 is 2.74 bits per heavy atom. The Balaban J connectivity index is 2.22. The lowest BCUT2D eigenvalue weighted by Crippen LogP contribution is -2.23. The molecule has 1 unspecified atom stereocenters. The van der Waals surface area contributed by atoms with E-state index in [1.807, 2.05) is 6.92 Å². The average molecular weight is 379 g/mol. The maximum absolute atomic E-state index is 14.6. The Kier molecular flexibility index (Phi) is 7.45. The van der Waals surface area contributed by atoms with Crippen molar-refractivity contribution >= 4 is 30.5 Å². The summed E-state index contributed by atoms with van der Waals surface area (Å²) in [6.45, 7) is 6.48. The lowest BCUT2D eigenvalue weighted by Gasteiger charge is -2.20. The summed E-state index contributed by atoms with van der Waals surface area (Å²) in [6, 6.07) is 2.36. The first kappa shape index (κ1) is 20.5. The SMILES string of the molecule is C=N/C=C(\N=COCCC)c1cc(F)c(N2CCC(CC(=O)O)C2)c(F)c1. The fourth-order valence-corrected chi connectivity index (χ4v) is 3.00. The molecule has 1 heterocycles. The van der Waals surface area contributed by atoms with Crippen LogP contribution in [0.5, 0.6) is 0 Å². The molecule has 27 heavy (non-hydrogen) atoms. The summed E-state index contributed by atoms with van der Waals surface area (Å²) in [4.78, 5) is 20.0. The van der Waals surface area contributed by atoms with Crippen molar-refractivity contribution in [1.82, 2.24) is 0 Å². The van der Waals surface area contributed by atoms with Crippen LogP contribution in [0.25, 0.3) is 5.70 Å². The lowest BCUT2D eigenvalue weighted by atomic mass is 10.1. The van der Waals surface area contributed by atoms with Gasteiger partial charge in [0.2, 0.25) is 0 Å². The molecule has 1 saturated heterocycles. The summed E-state index contributed by atoms with van der Waals surface area (Å²) in [7, 11) is 0. The number of carbonyl (C=O) groups is 1. The summed E-state index contributed by atoms with van der Waals surface area (Å²) < 4.78 is 34.4. The predicted octanol–water partition coefficient (Wildman–Crippen LogP) is 3.72. The van der Waals surface area contributed by atoms with Crippen molar-refractivity contribution in [2.24, 2.45) is 15.9 Å². The van der Waals surface area contributed by atoms with Crippen LogP contribution >= 0.6 is 0 Å². The molecule has 1 N–H and O–H groups in total. The molecule has 0 amide bonds. The van der Waals surface area contributed by atoms with Crippen molar-refractivity contribution in [2.45, 2.75) is 26.2 Å². The van der Waals surface area contributed by atoms with Gasteiger partial charge in [0.1, 0.15) is 17.3 Å². The molecule has 146 valence electrons. The molecule has 0 aromatic heterocycles. The van der Waals surface area contributed by atoms with Gasteiger partial charge in [-0.3, -0.25) is 9.79 Å². The number of aliphatic imine (C=N–C) groups is 2. The topological polar surface area (TPSA) is 74.5 Å². The highest BCUT2D eigenvalue weighted by Gasteiger charge is 2.28. The van der Waals surface area contributed by atoms with Crippen molar-refractivity contribution in [3.63, 3.8) is 0 Å². The van der Waals surface area contributed by atoms with E-state index in [0.29, 0.717) is 26.1 Å². The van der Waals surface area contributed by atoms with Crippen LogP contribution < -0.4 is 4.90 Å². The molecule has 0 spiro atoms. The van der Waals surface area contributed by atoms with E-state index < -0.39 is 17.6 Å². The van der Waals surface area contributed by atoms with Gasteiger partial charge in [0.05, 0.1) is 18.5 Å². The number of ether oxygens (including phenoxy) is 1. The third-order valence-electron chi connectivity index (χ3n) is 4.18. The highest BCUT2D eigenvalue weighted by atomic mass is 19.1. The number of nitrogens with zero attached hydrogens (tertiary/aromatic N) is 3. The van der Waals surface area contributed by atoms with Crippen molar-refractivity contribution in [3.8, 4) is 0 Å². The minimum absolute atomic E-state index is 0.0117. The van der Waals surface area contributed by atoms with Crippen LogP contribution in [0, 0.1) is 17.6 Å². The van der Waals surface area contributed by atoms with Crippen LogP contribution in [0.15, 0.2) is 28.3 Å². The second kappa shape index (κ2) is 9.80. The summed E-state index contributed by atoms with van der Waals surface area (Å²) in [5.41, 5.74) is 0.276. The first-order chi connectivity index (χ1) is 13.0. The molecular weight excluding hydrogens is 356 g/mol. The van der Waals surface area contributed by atoms with E-state index in [0.717, 1.165) is 6.42 Å². The summed E-state index contributed by atoms with van der Waals surface area (Å²) in [5.74, 6) is -2.50. The maximum Gasteiger partial charge on any atom is 0.303 e. The van der Waals surface area contributed by atoms with Gasteiger partial charge >= 0.3 is 5.97 Å². The average Bonchev–Trinajstić information content (AvgIpc) is 3.04. The standard InChI is InChI=1S/C19H23F2N3O3/c1-3-6-27-12-23-17(10-22-2)14-8-15(20)19(16(21)9-14)24-5-4-13(11-24)7-18(25)26/h8-10,12-13H,2-7,11H2,1H3,(H,25,26)/b17-10-,23-12?. The van der Waals surface area contributed by atoms with Gasteiger partial charge in [-0.15, -0.1) is 0 Å². The number of halogens is 2. The number of aliphatic carboxylic acids is 1. The quantitative estimate of drug-likeness (QED) is 0.403. The van der Waals surface area contributed by atoms with Gasteiger partial charge in [0.25, 0.3) is 0 Å². The zero-order valence-electron chi connectivity index (χ0n) is 15.2. The molecule has 1 aliphatic rings. The molecular formula is C19H23F2N3O3. The van der Waals surface area contributed by atoms with E-state index >= 15 is 0 Å². The normalized spacial score (nSPS) is 17.5. The fraction of sp³-hybridized carbons (Fsp3) is 0.421. The van der Waals surface area contributed by atoms with Crippen molar-refractivity contribution in [3.05, 3.63) is 35.5 Å². The van der Waals surface area contributed by atoms with Crippen LogP contribution in [0.3, 0.4) is 0 Å². The van der Waals surface area contributed by atoms with Gasteiger partial charge in [-0.25, -0.2) is 13.8 Å². The van der Waals surface area contributed by atoms with Crippen LogP contribution in [0.2, 0.25) is 0 Å². The van der Waals surface area contributed by atoms with E-state index in [-0.39, 0.29) is 29.3 Å². The van der Waals surface area contributed by atoms with Gasteiger partial charge in [0.15, 0.2) is 6.40 Å². The van der Waals surface area contributed by atoms with Crippen molar-refractivity contribution in [2.75, 3.05) is 24.6 Å². The van der Waals surface area contributed by atoms with Crippen molar-refractivity contribution < 1.29 is 23.4 Å². The molecule has 0 bridgehead atoms. The summed E-state index contributed by atoms with van der Waals surface area (Å²) >= 11 is 0. The largest absolute Gasteiger partial charge is 0.483 e. The Hall–Kier alpha value is -2.77. The minimum Gasteiger partial charge on any atom is -0.483 e. The zero-order chi connectivity index (χ0) is 19.8. The number of hydrogen-bond donors (Lipinski definition) is 1. The molecule has 6 nitrogen and oxygen atoms in total. The number of anilines is 1. The summed E-state index contributed by atoms with van der Waals surface area (Å²) in [6.07, 6.45) is 3.88. The molecule has 0 radical (unpaired) electrons. The second-order valence-corrected chi connectivity index (χ2v) is 6.29. The molecule has 0 saturated carbocycles. The Morgan fingerprint density at radius 1 is 1.44 bits per heavy atom. The monoisotopic (exact) mass is 379 g/mol. The highest BCUT2D eigenvalue weighted by molar-refractivity contribution is 5.73. The fourth-order valence-electron chi connectivity index (χ4n) is 3.00. The third-order valence-corrected chi connectivity index (χ3v) is 4.18. The molecule has 8 heteroatoms. The zero-order valence-corrected chi connectivity index (χ0v) is 15.2. The lowest BCUT2D eigenvalue weighted by molar-refractivity contribution is -0.137. The van der Waals surface area contributed by atoms with Crippen molar-refractivity contribution in [1.29, 1.82) is 0 Å². The summed E-state index contributed by atoms with van der Waals surface area (Å²) in [5, 5.41) is 8.88. The van der Waals surface area contributed by atoms with Gasteiger partial charge in [-0.1, -0.05) is 6.92 Å². The smallest absolute Gasteiger partial charge is 0.303 e. The number of benzene rings is 1. The van der Waals surface area contributed by atoms with E-state index in [4.69, 9.17) is 9.84 Å². The van der Waals surface area contributed by atoms with Gasteiger partial charge < -0.3 is 14.7 Å². The third kappa shape index (κ3) is 5.60. The molecule has 0 aliphatic carbocycles. The Morgan fingerprint density at radius 2 is 2.15 bits per heavy atom. The number of carboxylic acids is 1. The van der Waals surface area contributed by atoms with E-state index in [1.165, 1.54) is 24.7 Å². The number of hydrogen-bond acceptors (Lipinski definition) is 5. The van der Waals surface area contributed by atoms with E-state index in [2.05, 4.69) is 16.7 Å². The van der Waals surface area contributed by atoms with Crippen LogP contribution in [0.4, 0.5) is 14.5 Å². The molecule has 1 fully saturated rings. The highest BCUT2D eigenvalue weighted by Crippen LogP contribution is 2.32. The molecule has 1 atom stereocenters. The first-order valence-corrected chi connectivity index (χ1v) is 8.72. The Labute approximate surface area is 156 Å². The number of carboxylic acid groups (broad SMARTS) is 1.